The minimum Gasteiger partial charge on any atom is -0.322 e. The number of urea groups is 1. The zero-order valence-electron chi connectivity index (χ0n) is 11.9. The Hall–Kier alpha value is -1.78. The Kier molecular flexibility index (Phi) is 3.98. The van der Waals surface area contributed by atoms with Gasteiger partial charge in [-0.2, -0.15) is 13.1 Å². The number of nitrogens with zero attached hydrogens (tertiary/aromatic N) is 4. The van der Waals surface area contributed by atoms with Gasteiger partial charge in [-0.15, -0.1) is 0 Å². The van der Waals surface area contributed by atoms with Crippen LogP contribution in [0.25, 0.3) is 11.0 Å². The van der Waals surface area contributed by atoms with Gasteiger partial charge in [-0.05, 0) is 12.1 Å². The van der Waals surface area contributed by atoms with Crippen molar-refractivity contribution in [3.05, 3.63) is 18.2 Å². The first-order valence-electron chi connectivity index (χ1n) is 6.67. The normalized spacial score (nSPS) is 16.9. The fourth-order valence-electron chi connectivity index (χ4n) is 2.32. The van der Waals surface area contributed by atoms with Gasteiger partial charge in [0.15, 0.2) is 0 Å². The zero-order chi connectivity index (χ0) is 15.7. The molecule has 0 spiro atoms. The van der Waals surface area contributed by atoms with Crippen molar-refractivity contribution in [3.8, 4) is 0 Å². The quantitative estimate of drug-likeness (QED) is 0.872. The average molecular weight is 341 g/mol. The van der Waals surface area contributed by atoms with Crippen LogP contribution >= 0.6 is 11.7 Å². The van der Waals surface area contributed by atoms with E-state index in [9.17, 15) is 13.2 Å². The molecule has 1 aromatic carbocycles. The molecule has 0 unspecified atom stereocenters. The molecule has 22 heavy (non-hydrogen) atoms. The number of anilines is 1. The minimum absolute atomic E-state index is 0.256. The Bertz CT molecular complexity index is 796. The summed E-state index contributed by atoms with van der Waals surface area (Å²) >= 11 is 1.09. The molecule has 1 aliphatic rings. The number of rotatable bonds is 2. The molecular weight excluding hydrogens is 326 g/mol. The first kappa shape index (κ1) is 15.1. The molecule has 3 rings (SSSR count). The van der Waals surface area contributed by atoms with Crippen molar-refractivity contribution in [2.24, 2.45) is 0 Å². The van der Waals surface area contributed by atoms with Crippen molar-refractivity contribution in [1.82, 2.24) is 18.0 Å². The van der Waals surface area contributed by atoms with E-state index in [0.717, 1.165) is 17.2 Å². The third-order valence-electron chi connectivity index (χ3n) is 3.52. The van der Waals surface area contributed by atoms with Gasteiger partial charge in [-0.3, -0.25) is 0 Å². The molecule has 1 aromatic heterocycles. The maximum Gasteiger partial charge on any atom is 0.321 e. The van der Waals surface area contributed by atoms with Crippen molar-refractivity contribution in [3.63, 3.8) is 0 Å². The van der Waals surface area contributed by atoms with Crippen molar-refractivity contribution in [2.75, 3.05) is 37.8 Å². The van der Waals surface area contributed by atoms with E-state index < -0.39 is 10.0 Å². The van der Waals surface area contributed by atoms with Crippen LogP contribution in [0.1, 0.15) is 0 Å². The summed E-state index contributed by atoms with van der Waals surface area (Å²) in [6.45, 7) is 1.36. The summed E-state index contributed by atoms with van der Waals surface area (Å²) < 4.78 is 32.6. The minimum atomic E-state index is -3.20. The summed E-state index contributed by atoms with van der Waals surface area (Å²) in [6.07, 6.45) is 1.18. The van der Waals surface area contributed by atoms with Crippen molar-refractivity contribution < 1.29 is 13.2 Å². The molecule has 1 aliphatic heterocycles. The number of amides is 2. The van der Waals surface area contributed by atoms with Crippen LogP contribution in [0.3, 0.4) is 0 Å². The number of piperazine rings is 1. The standard InChI is InChI=1S/C12H15N5O3S2/c1-22(19,20)17-7-5-16(6-8-17)12(18)13-9-3-2-4-10-11(9)15-21-14-10/h2-4H,5-8H2,1H3,(H,13,18). The van der Waals surface area contributed by atoms with Crippen LogP contribution in [0.15, 0.2) is 18.2 Å². The fraction of sp³-hybridized carbons (Fsp3) is 0.417. The number of aromatic nitrogens is 2. The Labute approximate surface area is 132 Å². The van der Waals surface area contributed by atoms with E-state index in [2.05, 4.69) is 14.1 Å². The molecule has 1 fully saturated rings. The zero-order valence-corrected chi connectivity index (χ0v) is 13.5. The van der Waals surface area contributed by atoms with Gasteiger partial charge in [0.2, 0.25) is 10.0 Å². The van der Waals surface area contributed by atoms with Gasteiger partial charge < -0.3 is 10.2 Å². The summed E-state index contributed by atoms with van der Waals surface area (Å²) in [7, 11) is -3.20. The molecule has 0 bridgehead atoms. The first-order chi connectivity index (χ1) is 10.4. The number of nitrogens with one attached hydrogen (secondary N) is 1. The average Bonchev–Trinajstić information content (AvgIpc) is 2.96. The number of hydrogen-bond acceptors (Lipinski definition) is 6. The van der Waals surface area contributed by atoms with Gasteiger partial charge >= 0.3 is 6.03 Å². The lowest BCUT2D eigenvalue weighted by atomic mass is 10.2. The maximum atomic E-state index is 12.3. The molecule has 0 radical (unpaired) electrons. The molecule has 0 atom stereocenters. The van der Waals surface area contributed by atoms with Crippen LogP contribution < -0.4 is 5.32 Å². The molecule has 1 N–H and O–H groups in total. The Morgan fingerprint density at radius 2 is 1.95 bits per heavy atom. The predicted molar refractivity (Wildman–Crippen MR) is 84.4 cm³/mol. The molecule has 0 saturated carbocycles. The van der Waals surface area contributed by atoms with Crippen LogP contribution in [0.5, 0.6) is 0 Å². The molecule has 118 valence electrons. The topological polar surface area (TPSA) is 95.5 Å². The van der Waals surface area contributed by atoms with E-state index >= 15 is 0 Å². The number of carbonyl (C=O) groups excluding carboxylic acids is 1. The van der Waals surface area contributed by atoms with E-state index in [4.69, 9.17) is 0 Å². The molecule has 0 aliphatic carbocycles. The van der Waals surface area contributed by atoms with E-state index in [-0.39, 0.29) is 6.03 Å². The number of fused-ring (bicyclic) bond motifs is 1. The summed E-state index contributed by atoms with van der Waals surface area (Å²) in [5.74, 6) is 0. The van der Waals surface area contributed by atoms with Gasteiger partial charge in [0.05, 0.1) is 23.7 Å². The lowest BCUT2D eigenvalue weighted by molar-refractivity contribution is 0.184. The number of hydrogen-bond donors (Lipinski definition) is 1. The third kappa shape index (κ3) is 3.03. The SMILES string of the molecule is CS(=O)(=O)N1CCN(C(=O)Nc2cccc3nsnc23)CC1. The molecule has 2 aromatic rings. The van der Waals surface area contributed by atoms with Crippen molar-refractivity contribution in [2.45, 2.75) is 0 Å². The molecule has 1 saturated heterocycles. The van der Waals surface area contributed by atoms with E-state index in [0.29, 0.717) is 37.4 Å². The van der Waals surface area contributed by atoms with E-state index in [1.54, 1.807) is 17.0 Å². The second-order valence-electron chi connectivity index (χ2n) is 5.02. The summed E-state index contributed by atoms with van der Waals surface area (Å²) in [4.78, 5) is 13.9. The third-order valence-corrected chi connectivity index (χ3v) is 5.37. The van der Waals surface area contributed by atoms with Crippen LogP contribution in [-0.2, 0) is 10.0 Å². The summed E-state index contributed by atoms with van der Waals surface area (Å²) in [5, 5.41) is 2.82. The van der Waals surface area contributed by atoms with Gasteiger partial charge in [0.1, 0.15) is 11.0 Å². The first-order valence-corrected chi connectivity index (χ1v) is 9.25. The number of benzene rings is 1. The van der Waals surface area contributed by atoms with E-state index in [1.165, 1.54) is 10.6 Å². The monoisotopic (exact) mass is 341 g/mol. The van der Waals surface area contributed by atoms with Crippen LogP contribution in [-0.4, -0.2) is 64.8 Å². The smallest absolute Gasteiger partial charge is 0.321 e. The maximum absolute atomic E-state index is 12.3. The van der Waals surface area contributed by atoms with Crippen LogP contribution in [0, 0.1) is 0 Å². The van der Waals surface area contributed by atoms with Crippen molar-refractivity contribution in [1.29, 1.82) is 0 Å². The van der Waals surface area contributed by atoms with Gasteiger partial charge in [0, 0.05) is 26.2 Å². The highest BCUT2D eigenvalue weighted by Crippen LogP contribution is 2.21. The fourth-order valence-corrected chi connectivity index (χ4v) is 3.70. The molecular formula is C12H15N5O3S2. The highest BCUT2D eigenvalue weighted by molar-refractivity contribution is 7.88. The van der Waals surface area contributed by atoms with Crippen LogP contribution in [0.4, 0.5) is 10.5 Å². The lowest BCUT2D eigenvalue weighted by Crippen LogP contribution is -2.51. The Morgan fingerprint density at radius 3 is 2.64 bits per heavy atom. The highest BCUT2D eigenvalue weighted by Gasteiger charge is 2.26. The molecule has 8 nitrogen and oxygen atoms in total. The molecule has 2 amide bonds. The van der Waals surface area contributed by atoms with Gasteiger partial charge in [-0.1, -0.05) is 6.07 Å². The van der Waals surface area contributed by atoms with Gasteiger partial charge in [-0.25, -0.2) is 13.2 Å². The van der Waals surface area contributed by atoms with Crippen molar-refractivity contribution >= 4 is 44.5 Å². The second-order valence-corrected chi connectivity index (χ2v) is 7.53. The second kappa shape index (κ2) is 5.78. The summed E-state index contributed by atoms with van der Waals surface area (Å²) in [5.41, 5.74) is 2.02. The molecule has 10 heteroatoms. The van der Waals surface area contributed by atoms with Gasteiger partial charge in [0.25, 0.3) is 0 Å². The lowest BCUT2D eigenvalue weighted by Gasteiger charge is -2.33. The van der Waals surface area contributed by atoms with E-state index in [1.807, 2.05) is 6.07 Å². The largest absolute Gasteiger partial charge is 0.322 e. The Balaban J connectivity index is 1.67. The number of carbonyl (C=O) groups is 1. The Morgan fingerprint density at radius 1 is 1.23 bits per heavy atom. The highest BCUT2D eigenvalue weighted by atomic mass is 32.2. The summed E-state index contributed by atoms with van der Waals surface area (Å²) in [6, 6.07) is 5.16. The predicted octanol–water partition coefficient (Wildman–Crippen LogP) is 0.800. The van der Waals surface area contributed by atoms with Crippen LogP contribution in [0.2, 0.25) is 0 Å². The number of sulfonamides is 1. The molecule has 2 heterocycles.